The lowest BCUT2D eigenvalue weighted by Crippen LogP contribution is -2.00. The summed E-state index contributed by atoms with van der Waals surface area (Å²) in [6.45, 7) is 9.66. The standard InChI is InChI=1S/C9H16NO/c1-5-10(11)8-6-7-9(2,3)4/h5-8,11H,1H2,2-4H3/q+1/b7-6-,10-8+. The maximum absolute atomic E-state index is 8.86. The van der Waals surface area contributed by atoms with Gasteiger partial charge in [0.05, 0.1) is 0 Å². The van der Waals surface area contributed by atoms with E-state index >= 15 is 0 Å². The molecular weight excluding hydrogens is 138 g/mol. The summed E-state index contributed by atoms with van der Waals surface area (Å²) in [5, 5.41) is 8.86. The molecule has 0 aliphatic rings. The summed E-state index contributed by atoms with van der Waals surface area (Å²) >= 11 is 0. The Morgan fingerprint density at radius 3 is 2.27 bits per heavy atom. The van der Waals surface area contributed by atoms with E-state index in [1.165, 1.54) is 12.4 Å². The lowest BCUT2D eigenvalue weighted by molar-refractivity contribution is -0.721. The molecule has 0 saturated carbocycles. The second-order valence-electron chi connectivity index (χ2n) is 3.44. The number of nitrogens with zero attached hydrogens (tertiary/aromatic N) is 1. The molecule has 0 fully saturated rings. The highest BCUT2D eigenvalue weighted by Crippen LogP contribution is 2.13. The summed E-state index contributed by atoms with van der Waals surface area (Å²) in [7, 11) is 0. The zero-order valence-electron chi connectivity index (χ0n) is 7.41. The summed E-state index contributed by atoms with van der Waals surface area (Å²) in [5.41, 5.74) is 0.151. The molecule has 62 valence electrons. The first-order chi connectivity index (χ1) is 4.95. The highest BCUT2D eigenvalue weighted by Gasteiger charge is 2.02. The third-order valence-corrected chi connectivity index (χ3v) is 1.02. The number of hydrogen-bond donors (Lipinski definition) is 1. The molecular formula is C9H16NO+. The van der Waals surface area contributed by atoms with Crippen LogP contribution in [-0.4, -0.2) is 16.2 Å². The normalized spacial score (nSPS) is 13.9. The summed E-state index contributed by atoms with van der Waals surface area (Å²) in [6, 6.07) is 0. The van der Waals surface area contributed by atoms with Gasteiger partial charge in [0.15, 0.2) is 0 Å². The fraction of sp³-hybridized carbons (Fsp3) is 0.444. The quantitative estimate of drug-likeness (QED) is 0.280. The molecule has 0 unspecified atom stereocenters. The number of hydroxylamine groups is 1. The Labute approximate surface area is 68.1 Å². The molecule has 2 heteroatoms. The van der Waals surface area contributed by atoms with Crippen molar-refractivity contribution in [3.63, 3.8) is 0 Å². The van der Waals surface area contributed by atoms with Gasteiger partial charge in [0, 0.05) is 10.8 Å². The van der Waals surface area contributed by atoms with Crippen LogP contribution in [0.25, 0.3) is 0 Å². The molecule has 0 aromatic carbocycles. The monoisotopic (exact) mass is 154 g/mol. The van der Waals surface area contributed by atoms with Crippen molar-refractivity contribution in [2.24, 2.45) is 5.41 Å². The average molecular weight is 154 g/mol. The fourth-order valence-electron chi connectivity index (χ4n) is 0.481. The van der Waals surface area contributed by atoms with E-state index in [0.29, 0.717) is 0 Å². The predicted octanol–water partition coefficient (Wildman–Crippen LogP) is 2.20. The van der Waals surface area contributed by atoms with Gasteiger partial charge < -0.3 is 0 Å². The molecule has 0 atom stereocenters. The fourth-order valence-corrected chi connectivity index (χ4v) is 0.481. The molecule has 2 nitrogen and oxygen atoms in total. The van der Waals surface area contributed by atoms with Gasteiger partial charge in [-0.2, -0.15) is 0 Å². The van der Waals surface area contributed by atoms with Gasteiger partial charge in [0.25, 0.3) is 0 Å². The second-order valence-corrected chi connectivity index (χ2v) is 3.44. The lowest BCUT2D eigenvalue weighted by atomic mass is 9.97. The van der Waals surface area contributed by atoms with Crippen LogP contribution in [0.3, 0.4) is 0 Å². The van der Waals surface area contributed by atoms with Crippen LogP contribution in [0.1, 0.15) is 20.8 Å². The summed E-state index contributed by atoms with van der Waals surface area (Å²) in [6.07, 6.45) is 6.66. The lowest BCUT2D eigenvalue weighted by Gasteiger charge is -2.09. The summed E-state index contributed by atoms with van der Waals surface area (Å²) in [5.74, 6) is 0. The third kappa shape index (κ3) is 6.84. The van der Waals surface area contributed by atoms with E-state index in [4.69, 9.17) is 5.21 Å². The van der Waals surface area contributed by atoms with E-state index < -0.39 is 0 Å². The molecule has 0 saturated heterocycles. The SMILES string of the molecule is C=C/[N+](O)=C\C=C/C(C)(C)C. The van der Waals surface area contributed by atoms with Crippen molar-refractivity contribution < 1.29 is 9.95 Å². The molecule has 0 aromatic heterocycles. The van der Waals surface area contributed by atoms with E-state index in [0.717, 1.165) is 4.74 Å². The van der Waals surface area contributed by atoms with Gasteiger partial charge in [-0.25, -0.2) is 0 Å². The van der Waals surface area contributed by atoms with Crippen LogP contribution >= 0.6 is 0 Å². The van der Waals surface area contributed by atoms with Crippen LogP contribution in [0.15, 0.2) is 24.9 Å². The number of rotatable bonds is 2. The Morgan fingerprint density at radius 1 is 1.36 bits per heavy atom. The molecule has 0 amide bonds. The van der Waals surface area contributed by atoms with Gasteiger partial charge in [-0.05, 0) is 12.0 Å². The van der Waals surface area contributed by atoms with Crippen molar-refractivity contribution >= 4 is 6.21 Å². The largest absolute Gasteiger partial charge is 0.285 e. The van der Waals surface area contributed by atoms with Gasteiger partial charge >= 0.3 is 0 Å². The van der Waals surface area contributed by atoms with Crippen molar-refractivity contribution in [1.82, 2.24) is 0 Å². The van der Waals surface area contributed by atoms with E-state index in [9.17, 15) is 0 Å². The first-order valence-electron chi connectivity index (χ1n) is 3.58. The van der Waals surface area contributed by atoms with E-state index in [1.807, 2.05) is 6.08 Å². The highest BCUT2D eigenvalue weighted by atomic mass is 16.5. The topological polar surface area (TPSA) is 23.2 Å². The van der Waals surface area contributed by atoms with Gasteiger partial charge in [-0.1, -0.05) is 26.8 Å². The first-order valence-corrected chi connectivity index (χ1v) is 3.58. The Morgan fingerprint density at radius 2 is 1.91 bits per heavy atom. The van der Waals surface area contributed by atoms with Crippen molar-refractivity contribution in [2.75, 3.05) is 0 Å². The maximum atomic E-state index is 8.86. The molecule has 11 heavy (non-hydrogen) atoms. The molecule has 0 bridgehead atoms. The van der Waals surface area contributed by atoms with E-state index in [1.54, 1.807) is 6.08 Å². The van der Waals surface area contributed by atoms with Crippen LogP contribution in [0, 0.1) is 5.41 Å². The highest BCUT2D eigenvalue weighted by molar-refractivity contribution is 5.66. The molecule has 0 radical (unpaired) electrons. The Bertz CT molecular complexity index is 184. The molecule has 1 N–H and O–H groups in total. The van der Waals surface area contributed by atoms with Crippen LogP contribution < -0.4 is 0 Å². The molecule has 0 aliphatic carbocycles. The zero-order valence-corrected chi connectivity index (χ0v) is 7.41. The minimum absolute atomic E-state index is 0.151. The number of hydrogen-bond acceptors (Lipinski definition) is 1. The van der Waals surface area contributed by atoms with Gasteiger partial charge in [-0.15, -0.1) is 0 Å². The third-order valence-electron chi connectivity index (χ3n) is 1.02. The molecule has 0 aromatic rings. The first kappa shape index (κ1) is 9.95. The summed E-state index contributed by atoms with van der Waals surface area (Å²) < 4.78 is 0.919. The van der Waals surface area contributed by atoms with Crippen molar-refractivity contribution in [1.29, 1.82) is 0 Å². The maximum Gasteiger partial charge on any atom is 0.221 e. The Balaban J connectivity index is 4.06. The van der Waals surface area contributed by atoms with Gasteiger partial charge in [0.1, 0.15) is 0 Å². The summed E-state index contributed by atoms with van der Waals surface area (Å²) in [4.78, 5) is 0. The molecule has 0 rings (SSSR count). The van der Waals surface area contributed by atoms with Crippen molar-refractivity contribution in [2.45, 2.75) is 20.8 Å². The van der Waals surface area contributed by atoms with E-state index in [-0.39, 0.29) is 5.41 Å². The van der Waals surface area contributed by atoms with Crippen molar-refractivity contribution in [3.8, 4) is 0 Å². The minimum Gasteiger partial charge on any atom is -0.285 e. The van der Waals surface area contributed by atoms with Crippen LogP contribution in [0.2, 0.25) is 0 Å². The Kier molecular flexibility index (Phi) is 3.58. The predicted molar refractivity (Wildman–Crippen MR) is 46.9 cm³/mol. The van der Waals surface area contributed by atoms with Gasteiger partial charge in [-0.3, -0.25) is 5.21 Å². The van der Waals surface area contributed by atoms with Crippen LogP contribution in [-0.2, 0) is 0 Å². The van der Waals surface area contributed by atoms with Crippen LogP contribution in [0.4, 0.5) is 0 Å². The minimum atomic E-state index is 0.151. The second kappa shape index (κ2) is 3.96. The van der Waals surface area contributed by atoms with Crippen LogP contribution in [0.5, 0.6) is 0 Å². The smallest absolute Gasteiger partial charge is 0.221 e. The van der Waals surface area contributed by atoms with E-state index in [2.05, 4.69) is 27.4 Å². The van der Waals surface area contributed by atoms with Crippen molar-refractivity contribution in [3.05, 3.63) is 24.9 Å². The van der Waals surface area contributed by atoms with Gasteiger partial charge in [0.2, 0.25) is 12.4 Å². The zero-order chi connectivity index (χ0) is 8.91. The molecule has 0 heterocycles. The molecule has 0 spiro atoms. The Hall–Kier alpha value is -1.05. The number of allylic oxidation sites excluding steroid dienone is 2. The molecule has 0 aliphatic heterocycles. The average Bonchev–Trinajstić information content (AvgIpc) is 1.85.